The highest BCUT2D eigenvalue weighted by molar-refractivity contribution is 6.58. The van der Waals surface area contributed by atoms with E-state index in [0.717, 1.165) is 5.39 Å². The minimum Gasteiger partial charge on any atom is -0.423 e. The van der Waals surface area contributed by atoms with Crippen LogP contribution >= 0.6 is 0 Å². The van der Waals surface area contributed by atoms with Crippen LogP contribution in [0.25, 0.3) is 10.9 Å². The molecule has 70 valence electrons. The summed E-state index contributed by atoms with van der Waals surface area (Å²) in [5.41, 5.74) is 6.49. The lowest BCUT2D eigenvalue weighted by atomic mass is 9.80. The van der Waals surface area contributed by atoms with Gasteiger partial charge in [-0.25, -0.2) is 9.97 Å². The molecule has 0 bridgehead atoms. The smallest absolute Gasteiger partial charge is 0.423 e. The maximum Gasteiger partial charge on any atom is 0.488 e. The van der Waals surface area contributed by atoms with Crippen LogP contribution in [0.15, 0.2) is 24.4 Å². The lowest BCUT2D eigenvalue weighted by Crippen LogP contribution is -2.29. The number of hydrogen-bond acceptors (Lipinski definition) is 5. The Labute approximate surface area is 80.4 Å². The quantitative estimate of drug-likeness (QED) is 0.494. The van der Waals surface area contributed by atoms with Gasteiger partial charge in [-0.1, -0.05) is 12.1 Å². The molecule has 1 aromatic carbocycles. The Morgan fingerprint density at radius 2 is 2.07 bits per heavy atom. The van der Waals surface area contributed by atoms with Crippen LogP contribution < -0.4 is 11.2 Å². The molecule has 2 aromatic rings. The molecule has 0 saturated heterocycles. The topological polar surface area (TPSA) is 92.3 Å². The molecule has 0 amide bonds. The Morgan fingerprint density at radius 1 is 1.29 bits per heavy atom. The summed E-state index contributed by atoms with van der Waals surface area (Å²) in [6.45, 7) is 0. The number of nitrogen functional groups attached to an aromatic ring is 1. The number of aromatic nitrogens is 2. The zero-order valence-corrected chi connectivity index (χ0v) is 7.25. The molecule has 1 heterocycles. The van der Waals surface area contributed by atoms with Gasteiger partial charge < -0.3 is 15.8 Å². The molecule has 0 aliphatic carbocycles. The number of benzene rings is 1. The predicted octanol–water partition coefficient (Wildman–Crippen LogP) is -1.11. The summed E-state index contributed by atoms with van der Waals surface area (Å²) in [6.07, 6.45) is 1.55. The minimum atomic E-state index is -1.48. The Hall–Kier alpha value is -1.66. The minimum absolute atomic E-state index is 0.204. The number of nitrogens with two attached hydrogens (primary N) is 1. The van der Waals surface area contributed by atoms with Crippen LogP contribution in [0, 0.1) is 0 Å². The highest BCUT2D eigenvalue weighted by Crippen LogP contribution is 2.09. The van der Waals surface area contributed by atoms with Gasteiger partial charge >= 0.3 is 7.12 Å². The van der Waals surface area contributed by atoms with Gasteiger partial charge in [0, 0.05) is 11.6 Å². The summed E-state index contributed by atoms with van der Waals surface area (Å²) in [5.74, 6) is 0.204. The van der Waals surface area contributed by atoms with E-state index in [2.05, 4.69) is 9.97 Å². The molecule has 1 aromatic heterocycles. The second-order valence-corrected chi connectivity index (χ2v) is 2.92. The molecule has 0 atom stereocenters. The molecule has 0 spiro atoms. The highest BCUT2D eigenvalue weighted by Gasteiger charge is 2.11. The lowest BCUT2D eigenvalue weighted by molar-refractivity contribution is 0.426. The van der Waals surface area contributed by atoms with Gasteiger partial charge in [-0.2, -0.15) is 0 Å². The number of rotatable bonds is 1. The van der Waals surface area contributed by atoms with E-state index >= 15 is 0 Å². The summed E-state index contributed by atoms with van der Waals surface area (Å²) in [5, 5.41) is 18.6. The maximum atomic E-state index is 8.93. The average Bonchev–Trinajstić information content (AvgIpc) is 2.16. The summed E-state index contributed by atoms with van der Waals surface area (Å²) in [6, 6.07) is 4.86. The zero-order chi connectivity index (χ0) is 10.1. The fraction of sp³-hybridized carbons (Fsp3) is 0. The van der Waals surface area contributed by atoms with Gasteiger partial charge in [0.05, 0.1) is 5.52 Å². The van der Waals surface area contributed by atoms with E-state index in [1.54, 1.807) is 24.4 Å². The van der Waals surface area contributed by atoms with Gasteiger partial charge in [0.2, 0.25) is 5.95 Å². The van der Waals surface area contributed by atoms with Crippen LogP contribution in [0.4, 0.5) is 5.95 Å². The molecule has 14 heavy (non-hydrogen) atoms. The van der Waals surface area contributed by atoms with Gasteiger partial charge in [0.15, 0.2) is 0 Å². The lowest BCUT2D eigenvalue weighted by Gasteiger charge is -2.01. The summed E-state index contributed by atoms with van der Waals surface area (Å²) < 4.78 is 0. The molecule has 4 N–H and O–H groups in total. The van der Waals surface area contributed by atoms with Crippen LogP contribution in [0.5, 0.6) is 0 Å². The molecule has 0 aliphatic rings. The third-order valence-corrected chi connectivity index (χ3v) is 1.92. The van der Waals surface area contributed by atoms with Crippen molar-refractivity contribution in [2.75, 3.05) is 5.73 Å². The van der Waals surface area contributed by atoms with Crippen molar-refractivity contribution in [3.05, 3.63) is 24.4 Å². The average molecular weight is 189 g/mol. The first-order valence-electron chi connectivity index (χ1n) is 4.05. The van der Waals surface area contributed by atoms with Crippen LogP contribution in [-0.2, 0) is 0 Å². The second kappa shape index (κ2) is 3.24. The standard InChI is InChI=1S/C8H8BN3O2/c10-8-11-4-5-3-6(9(13)14)1-2-7(5)12-8/h1-4,13-14H,(H2,10,11,12). The number of hydrogen-bond donors (Lipinski definition) is 3. The van der Waals surface area contributed by atoms with Crippen molar-refractivity contribution >= 4 is 29.4 Å². The third kappa shape index (κ3) is 1.52. The fourth-order valence-corrected chi connectivity index (χ4v) is 1.23. The Balaban J connectivity index is 2.62. The first kappa shape index (κ1) is 8.92. The fourth-order valence-electron chi connectivity index (χ4n) is 1.23. The van der Waals surface area contributed by atoms with E-state index in [-0.39, 0.29) is 5.95 Å². The third-order valence-electron chi connectivity index (χ3n) is 1.92. The summed E-state index contributed by atoms with van der Waals surface area (Å²) in [4.78, 5) is 7.79. The van der Waals surface area contributed by atoms with Gasteiger partial charge in [-0.15, -0.1) is 0 Å². The monoisotopic (exact) mass is 189 g/mol. The van der Waals surface area contributed by atoms with Crippen molar-refractivity contribution in [2.45, 2.75) is 0 Å². The molecule has 0 saturated carbocycles. The van der Waals surface area contributed by atoms with Crippen molar-refractivity contribution < 1.29 is 10.0 Å². The highest BCUT2D eigenvalue weighted by atomic mass is 16.4. The number of fused-ring (bicyclic) bond motifs is 1. The van der Waals surface area contributed by atoms with Crippen molar-refractivity contribution in [2.24, 2.45) is 0 Å². The van der Waals surface area contributed by atoms with Crippen molar-refractivity contribution in [1.29, 1.82) is 0 Å². The molecule has 0 fully saturated rings. The normalized spacial score (nSPS) is 10.4. The van der Waals surface area contributed by atoms with Crippen LogP contribution in [0.2, 0.25) is 0 Å². The SMILES string of the molecule is Nc1ncc2cc(B(O)O)ccc2n1. The Bertz CT molecular complexity index is 475. The van der Waals surface area contributed by atoms with E-state index in [0.29, 0.717) is 11.0 Å². The van der Waals surface area contributed by atoms with Crippen LogP contribution in [0.1, 0.15) is 0 Å². The van der Waals surface area contributed by atoms with Crippen LogP contribution in [0.3, 0.4) is 0 Å². The van der Waals surface area contributed by atoms with Crippen molar-refractivity contribution in [1.82, 2.24) is 9.97 Å². The van der Waals surface area contributed by atoms with E-state index in [1.165, 1.54) is 0 Å². The van der Waals surface area contributed by atoms with Gasteiger partial charge in [0.1, 0.15) is 0 Å². The Kier molecular flexibility index (Phi) is 2.07. The number of anilines is 1. The molecule has 0 unspecified atom stereocenters. The van der Waals surface area contributed by atoms with Gasteiger partial charge in [0.25, 0.3) is 0 Å². The zero-order valence-electron chi connectivity index (χ0n) is 7.25. The maximum absolute atomic E-state index is 8.93. The summed E-state index contributed by atoms with van der Waals surface area (Å²) in [7, 11) is -1.48. The molecule has 6 heteroatoms. The van der Waals surface area contributed by atoms with Crippen LogP contribution in [-0.4, -0.2) is 27.1 Å². The second-order valence-electron chi connectivity index (χ2n) is 2.92. The van der Waals surface area contributed by atoms with E-state index in [9.17, 15) is 0 Å². The molecular weight excluding hydrogens is 181 g/mol. The molecule has 0 aliphatic heterocycles. The predicted molar refractivity (Wildman–Crippen MR) is 53.8 cm³/mol. The van der Waals surface area contributed by atoms with E-state index in [1.807, 2.05) is 0 Å². The van der Waals surface area contributed by atoms with Crippen molar-refractivity contribution in [3.8, 4) is 0 Å². The van der Waals surface area contributed by atoms with E-state index in [4.69, 9.17) is 15.8 Å². The number of nitrogens with zero attached hydrogens (tertiary/aromatic N) is 2. The van der Waals surface area contributed by atoms with Gasteiger partial charge in [-0.3, -0.25) is 0 Å². The molecular formula is C8H8BN3O2. The first-order valence-corrected chi connectivity index (χ1v) is 4.05. The first-order chi connectivity index (χ1) is 6.66. The molecule has 5 nitrogen and oxygen atoms in total. The van der Waals surface area contributed by atoms with E-state index < -0.39 is 7.12 Å². The molecule has 2 rings (SSSR count). The largest absolute Gasteiger partial charge is 0.488 e. The van der Waals surface area contributed by atoms with Gasteiger partial charge in [-0.05, 0) is 11.5 Å². The Morgan fingerprint density at radius 3 is 2.79 bits per heavy atom. The summed E-state index contributed by atoms with van der Waals surface area (Å²) >= 11 is 0. The molecule has 0 radical (unpaired) electrons. The van der Waals surface area contributed by atoms with Crippen molar-refractivity contribution in [3.63, 3.8) is 0 Å².